The lowest BCUT2D eigenvalue weighted by molar-refractivity contribution is -0.180. The van der Waals surface area contributed by atoms with Gasteiger partial charge >= 0.3 is 17.6 Å². The molecule has 0 unspecified atom stereocenters. The van der Waals surface area contributed by atoms with Crippen molar-refractivity contribution in [3.05, 3.63) is 26.4 Å². The van der Waals surface area contributed by atoms with Gasteiger partial charge in [-0.1, -0.05) is 0 Å². The van der Waals surface area contributed by atoms with Crippen LogP contribution >= 0.6 is 0 Å². The van der Waals surface area contributed by atoms with E-state index < -0.39 is 79.3 Å². The number of hydrogen-bond acceptors (Lipinski definition) is 10. The Morgan fingerprint density at radius 2 is 1.56 bits per heavy atom. The molecule has 0 spiro atoms. The number of hydrogen-bond donors (Lipinski definition) is 1. The highest BCUT2D eigenvalue weighted by atomic mass is 32.2. The molecule has 1 fully saturated rings. The molecule has 0 aromatic carbocycles. The average Bonchev–Trinajstić information content (AvgIpc) is 2.68. The van der Waals surface area contributed by atoms with Gasteiger partial charge < -0.3 is 15.2 Å². The molecule has 1 aliphatic rings. The molecule has 0 saturated carbocycles. The van der Waals surface area contributed by atoms with Crippen LogP contribution in [0, 0.1) is 5.41 Å². The van der Waals surface area contributed by atoms with Gasteiger partial charge in [0.15, 0.2) is 12.0 Å². The Balaban J connectivity index is 2.32. The molecule has 32 heavy (non-hydrogen) atoms. The number of sulfone groups is 1. The molecule has 0 radical (unpaired) electrons. The van der Waals surface area contributed by atoms with Crippen molar-refractivity contribution in [3.8, 4) is 0 Å². The average molecular weight is 474 g/mol. The van der Waals surface area contributed by atoms with Crippen LogP contribution in [0.2, 0.25) is 0 Å². The second kappa shape index (κ2) is 8.52. The summed E-state index contributed by atoms with van der Waals surface area (Å²) in [5, 5.41) is 0. The quantitative estimate of drug-likeness (QED) is 0.315. The summed E-state index contributed by atoms with van der Waals surface area (Å²) in [7, 11) is -1.02. The third-order valence-electron chi connectivity index (χ3n) is 5.18. The van der Waals surface area contributed by atoms with Gasteiger partial charge in [0.05, 0.1) is 11.5 Å². The number of anilines is 1. The summed E-state index contributed by atoms with van der Waals surface area (Å²) in [6.45, 7) is 3.83. The highest BCUT2D eigenvalue weighted by molar-refractivity contribution is 7.91. The molecule has 0 amide bonds. The molecule has 1 aliphatic heterocycles. The smallest absolute Gasteiger partial charge is 0.332 e. The van der Waals surface area contributed by atoms with Crippen LogP contribution in [0.5, 0.6) is 0 Å². The molecule has 178 valence electrons. The molecule has 1 saturated heterocycles. The lowest BCUT2D eigenvalue weighted by atomic mass is 9.81. The minimum absolute atomic E-state index is 0.360. The van der Waals surface area contributed by atoms with Gasteiger partial charge in [-0.3, -0.25) is 28.3 Å². The van der Waals surface area contributed by atoms with Crippen molar-refractivity contribution in [1.29, 1.82) is 0 Å². The van der Waals surface area contributed by atoms with Crippen molar-refractivity contribution < 1.29 is 32.3 Å². The second-order valence-corrected chi connectivity index (χ2v) is 11.0. The van der Waals surface area contributed by atoms with Crippen LogP contribution in [0.4, 0.5) is 5.82 Å². The van der Waals surface area contributed by atoms with Crippen molar-refractivity contribution in [2.45, 2.75) is 39.2 Å². The second-order valence-electron chi connectivity index (χ2n) is 8.70. The molecule has 13 heteroatoms. The summed E-state index contributed by atoms with van der Waals surface area (Å²) in [4.78, 5) is 62.5. The van der Waals surface area contributed by atoms with Gasteiger partial charge in [-0.05, 0) is 33.6 Å². The molecule has 2 rings (SSSR count). The third-order valence-corrected chi connectivity index (χ3v) is 6.84. The number of carbonyl (C=O) groups is 3. The molecular formula is C19H27N3O9S. The van der Waals surface area contributed by atoms with Crippen molar-refractivity contribution in [3.63, 3.8) is 0 Å². The number of carbonyl (C=O) groups excluding carboxylic acids is 3. The number of rotatable bonds is 5. The van der Waals surface area contributed by atoms with Gasteiger partial charge in [0.1, 0.15) is 26.8 Å². The van der Waals surface area contributed by atoms with Crippen LogP contribution in [0.25, 0.3) is 0 Å². The van der Waals surface area contributed by atoms with Crippen LogP contribution in [0.1, 0.15) is 44.0 Å². The normalized spacial score (nSPS) is 17.4. The van der Waals surface area contributed by atoms with Gasteiger partial charge in [0.25, 0.3) is 5.56 Å². The van der Waals surface area contributed by atoms with Crippen molar-refractivity contribution >= 4 is 33.4 Å². The monoisotopic (exact) mass is 473 g/mol. The van der Waals surface area contributed by atoms with Gasteiger partial charge in [-0.2, -0.15) is 0 Å². The zero-order valence-electron chi connectivity index (χ0n) is 18.6. The van der Waals surface area contributed by atoms with E-state index in [1.54, 1.807) is 20.8 Å². The Kier molecular flexibility index (Phi) is 6.74. The molecule has 0 atom stereocenters. The van der Waals surface area contributed by atoms with E-state index in [0.717, 1.165) is 11.6 Å². The predicted octanol–water partition coefficient (Wildman–Crippen LogP) is -1.07. The third kappa shape index (κ3) is 4.92. The van der Waals surface area contributed by atoms with Crippen LogP contribution in [-0.2, 0) is 43.0 Å². The van der Waals surface area contributed by atoms with E-state index in [4.69, 9.17) is 15.2 Å². The summed E-state index contributed by atoms with van der Waals surface area (Å²) in [6.07, 6.45) is -0.720. The first-order valence-electron chi connectivity index (χ1n) is 9.72. The van der Waals surface area contributed by atoms with Crippen LogP contribution in [-0.4, -0.2) is 59.0 Å². The SMILES string of the molecule is Cn1c(N)c(C(=O)COC(=O)C2(C(=O)OC(C)(C)C)CCS(=O)(=O)CC2)c(=O)n(C)c1=O. The Morgan fingerprint density at radius 1 is 1.03 bits per heavy atom. The fourth-order valence-corrected chi connectivity index (χ4v) is 4.74. The number of nitrogen functional groups attached to an aromatic ring is 1. The Morgan fingerprint density at radius 3 is 2.06 bits per heavy atom. The molecule has 2 heterocycles. The van der Waals surface area contributed by atoms with E-state index in [9.17, 15) is 32.4 Å². The standard InChI is InChI=1S/C19H27N3O9S/c1-18(2,3)31-16(26)19(6-8-32(28,29)9-7-19)15(25)30-10-11(23)12-13(20)21(4)17(27)22(5)14(12)24/h6-10,20H2,1-5H3. The lowest BCUT2D eigenvalue weighted by Crippen LogP contribution is -2.49. The van der Waals surface area contributed by atoms with E-state index in [2.05, 4.69) is 0 Å². The molecule has 12 nitrogen and oxygen atoms in total. The zero-order valence-corrected chi connectivity index (χ0v) is 19.4. The number of ether oxygens (including phenoxy) is 2. The molecule has 1 aromatic heterocycles. The summed E-state index contributed by atoms with van der Waals surface area (Å²) in [6, 6.07) is 0. The number of nitrogens with two attached hydrogens (primary N) is 1. The first-order valence-corrected chi connectivity index (χ1v) is 11.5. The maximum absolute atomic E-state index is 12.9. The first-order chi connectivity index (χ1) is 14.5. The Hall–Kier alpha value is -2.96. The number of nitrogens with zero attached hydrogens (tertiary/aromatic N) is 2. The van der Waals surface area contributed by atoms with E-state index in [-0.39, 0.29) is 12.8 Å². The topological polar surface area (TPSA) is 174 Å². The minimum atomic E-state index is -3.44. The maximum atomic E-state index is 12.9. The van der Waals surface area contributed by atoms with E-state index in [0.29, 0.717) is 4.57 Å². The fourth-order valence-electron chi connectivity index (χ4n) is 3.22. The van der Waals surface area contributed by atoms with Crippen LogP contribution in [0.3, 0.4) is 0 Å². The van der Waals surface area contributed by atoms with Gasteiger partial charge in [-0.15, -0.1) is 0 Å². The zero-order chi connectivity index (χ0) is 24.6. The molecule has 2 N–H and O–H groups in total. The van der Waals surface area contributed by atoms with Gasteiger partial charge in [-0.25, -0.2) is 13.2 Å². The van der Waals surface area contributed by atoms with Crippen LogP contribution in [0.15, 0.2) is 9.59 Å². The van der Waals surface area contributed by atoms with E-state index in [1.807, 2.05) is 0 Å². The van der Waals surface area contributed by atoms with Gasteiger partial charge in [0.2, 0.25) is 5.78 Å². The number of Topliss-reactive ketones (excluding diaryl/α,β-unsaturated/α-hetero) is 1. The summed E-state index contributed by atoms with van der Waals surface area (Å²) >= 11 is 0. The number of aromatic nitrogens is 2. The minimum Gasteiger partial charge on any atom is -0.459 e. The highest BCUT2D eigenvalue weighted by Gasteiger charge is 2.53. The summed E-state index contributed by atoms with van der Waals surface area (Å²) in [5.41, 5.74) is 0.623. The van der Waals surface area contributed by atoms with Crippen molar-refractivity contribution in [1.82, 2.24) is 9.13 Å². The fraction of sp³-hybridized carbons (Fsp3) is 0.632. The largest absolute Gasteiger partial charge is 0.459 e. The molecular weight excluding hydrogens is 446 g/mol. The van der Waals surface area contributed by atoms with Crippen molar-refractivity contribution in [2.24, 2.45) is 19.5 Å². The molecule has 0 aliphatic carbocycles. The van der Waals surface area contributed by atoms with Crippen molar-refractivity contribution in [2.75, 3.05) is 23.8 Å². The number of ketones is 1. The summed E-state index contributed by atoms with van der Waals surface area (Å²) < 4.78 is 35.6. The maximum Gasteiger partial charge on any atom is 0.332 e. The Bertz CT molecular complexity index is 1170. The van der Waals surface area contributed by atoms with Gasteiger partial charge in [0, 0.05) is 14.1 Å². The Labute approximate surface area is 184 Å². The lowest BCUT2D eigenvalue weighted by Gasteiger charge is -2.34. The van der Waals surface area contributed by atoms with Crippen LogP contribution < -0.4 is 17.0 Å². The first kappa shape index (κ1) is 25.3. The van der Waals surface area contributed by atoms with E-state index >= 15 is 0 Å². The predicted molar refractivity (Wildman–Crippen MR) is 113 cm³/mol. The summed E-state index contributed by atoms with van der Waals surface area (Å²) in [5.74, 6) is -4.31. The highest BCUT2D eigenvalue weighted by Crippen LogP contribution is 2.37. The van der Waals surface area contributed by atoms with E-state index in [1.165, 1.54) is 7.05 Å². The molecule has 0 bridgehead atoms. The number of esters is 2. The molecule has 1 aromatic rings.